The maximum atomic E-state index is 11.5. The second-order valence-corrected chi connectivity index (χ2v) is 9.84. The average molecular weight is 331 g/mol. The van der Waals surface area contributed by atoms with Crippen molar-refractivity contribution in [2.75, 3.05) is 0 Å². The zero-order valence-electron chi connectivity index (χ0n) is 15.9. The van der Waals surface area contributed by atoms with Crippen LogP contribution < -0.4 is 0 Å². The van der Waals surface area contributed by atoms with Gasteiger partial charge in [0.05, 0.1) is 0 Å². The Hall–Kier alpha value is -0.790. The van der Waals surface area contributed by atoms with Gasteiger partial charge in [0.25, 0.3) is 0 Å². The molecule has 0 amide bonds. The number of fused-ring (bicyclic) bond motifs is 5. The highest BCUT2D eigenvalue weighted by atomic mass is 16.5. The van der Waals surface area contributed by atoms with Crippen molar-refractivity contribution in [2.45, 2.75) is 85.2 Å². The fraction of sp³-hybridized carbons (Fsp3) is 0.864. The van der Waals surface area contributed by atoms with Crippen LogP contribution in [0.4, 0.5) is 0 Å². The second-order valence-electron chi connectivity index (χ2n) is 9.84. The predicted octanol–water partition coefficient (Wildman–Crippen LogP) is 5.52. The van der Waals surface area contributed by atoms with Gasteiger partial charge in [0, 0.05) is 12.3 Å². The zero-order chi connectivity index (χ0) is 17.1. The first-order valence-corrected chi connectivity index (χ1v) is 10.2. The first kappa shape index (κ1) is 16.7. The van der Waals surface area contributed by atoms with Crippen molar-refractivity contribution in [1.29, 1.82) is 0 Å². The Kier molecular flexibility index (Phi) is 3.89. The first-order valence-electron chi connectivity index (χ1n) is 10.2. The second kappa shape index (κ2) is 5.61. The van der Waals surface area contributed by atoms with Crippen molar-refractivity contribution in [1.82, 2.24) is 0 Å². The minimum atomic E-state index is -0.0902. The minimum Gasteiger partial charge on any atom is -0.462 e. The van der Waals surface area contributed by atoms with E-state index < -0.39 is 0 Å². The SMILES string of the molecule is CC(=O)O[C@H]1CCC2C3CC[C@H]4CC(C)=CC[C@]4(C)C3CC[C@@]21C. The highest BCUT2D eigenvalue weighted by Crippen LogP contribution is 2.66. The monoisotopic (exact) mass is 330 g/mol. The molecule has 24 heavy (non-hydrogen) atoms. The molecule has 4 rings (SSSR count). The summed E-state index contributed by atoms with van der Waals surface area (Å²) < 4.78 is 5.76. The van der Waals surface area contributed by atoms with Crippen LogP contribution in [-0.4, -0.2) is 12.1 Å². The van der Waals surface area contributed by atoms with Crippen molar-refractivity contribution >= 4 is 5.97 Å². The topological polar surface area (TPSA) is 26.3 Å². The van der Waals surface area contributed by atoms with Gasteiger partial charge in [-0.3, -0.25) is 4.79 Å². The number of carbonyl (C=O) groups excluding carboxylic acids is 1. The van der Waals surface area contributed by atoms with Crippen LogP contribution in [-0.2, 0) is 9.53 Å². The molecule has 4 aliphatic carbocycles. The molecule has 2 heteroatoms. The van der Waals surface area contributed by atoms with Gasteiger partial charge in [-0.15, -0.1) is 0 Å². The van der Waals surface area contributed by atoms with Gasteiger partial charge < -0.3 is 4.74 Å². The molecular formula is C22H34O2. The van der Waals surface area contributed by atoms with Crippen LogP contribution in [0.3, 0.4) is 0 Å². The number of carbonyl (C=O) groups is 1. The van der Waals surface area contributed by atoms with Crippen LogP contribution in [0.1, 0.15) is 79.1 Å². The molecule has 3 unspecified atom stereocenters. The van der Waals surface area contributed by atoms with E-state index in [-0.39, 0.29) is 17.5 Å². The standard InChI is InChI=1S/C22H34O2/c1-14-9-11-21(3)16(13-14)5-6-17-18-7-8-20(24-15(2)23)22(18,4)12-10-19(17)21/h9,16-20H,5-8,10-13H2,1-4H3/t16-,17?,18?,19?,20-,21-,22-/m0/s1. The van der Waals surface area contributed by atoms with Crippen LogP contribution in [0, 0.1) is 34.5 Å². The molecule has 0 aromatic heterocycles. The summed E-state index contributed by atoms with van der Waals surface area (Å²) >= 11 is 0. The Morgan fingerprint density at radius 1 is 1.08 bits per heavy atom. The molecule has 7 atom stereocenters. The van der Waals surface area contributed by atoms with E-state index in [1.807, 2.05) is 0 Å². The molecule has 0 spiro atoms. The molecule has 0 heterocycles. The third-order valence-corrected chi connectivity index (χ3v) is 8.75. The van der Waals surface area contributed by atoms with Crippen LogP contribution in [0.25, 0.3) is 0 Å². The first-order chi connectivity index (χ1) is 11.3. The number of esters is 1. The van der Waals surface area contributed by atoms with Gasteiger partial charge in [-0.1, -0.05) is 25.5 Å². The highest BCUT2D eigenvalue weighted by Gasteiger charge is 2.60. The van der Waals surface area contributed by atoms with E-state index in [1.54, 1.807) is 12.5 Å². The average Bonchev–Trinajstić information content (AvgIpc) is 2.84. The molecule has 0 aliphatic heterocycles. The minimum absolute atomic E-state index is 0.0902. The van der Waals surface area contributed by atoms with Gasteiger partial charge in [0.15, 0.2) is 0 Å². The molecule has 0 bridgehead atoms. The molecule has 2 nitrogen and oxygen atoms in total. The summed E-state index contributed by atoms with van der Waals surface area (Å²) in [6, 6.07) is 0. The Labute approximate surface area is 147 Å². The van der Waals surface area contributed by atoms with Crippen molar-refractivity contribution < 1.29 is 9.53 Å². The summed E-state index contributed by atoms with van der Waals surface area (Å²) in [5, 5.41) is 0. The summed E-state index contributed by atoms with van der Waals surface area (Å²) in [6.45, 7) is 8.92. The van der Waals surface area contributed by atoms with Crippen LogP contribution >= 0.6 is 0 Å². The highest BCUT2D eigenvalue weighted by molar-refractivity contribution is 5.66. The molecule has 3 saturated carbocycles. The molecule has 0 radical (unpaired) electrons. The van der Waals surface area contributed by atoms with Crippen molar-refractivity contribution in [3.8, 4) is 0 Å². The lowest BCUT2D eigenvalue weighted by molar-refractivity contribution is -0.159. The Bertz CT molecular complexity index is 564. The molecule has 0 aromatic rings. The fourth-order valence-electron chi connectivity index (χ4n) is 7.40. The zero-order valence-corrected chi connectivity index (χ0v) is 15.9. The Morgan fingerprint density at radius 3 is 2.58 bits per heavy atom. The van der Waals surface area contributed by atoms with Crippen LogP contribution in [0.2, 0.25) is 0 Å². The largest absolute Gasteiger partial charge is 0.462 e. The maximum Gasteiger partial charge on any atom is 0.302 e. The summed E-state index contributed by atoms with van der Waals surface area (Å²) in [6.07, 6.45) is 13.1. The van der Waals surface area contributed by atoms with E-state index in [0.717, 1.165) is 30.1 Å². The van der Waals surface area contributed by atoms with Crippen LogP contribution in [0.5, 0.6) is 0 Å². The Morgan fingerprint density at radius 2 is 1.83 bits per heavy atom. The lowest BCUT2D eigenvalue weighted by Crippen LogP contribution is -2.53. The van der Waals surface area contributed by atoms with E-state index in [1.165, 1.54) is 44.9 Å². The van der Waals surface area contributed by atoms with E-state index in [9.17, 15) is 4.79 Å². The van der Waals surface area contributed by atoms with Gasteiger partial charge in [0.1, 0.15) is 6.10 Å². The lowest BCUT2D eigenvalue weighted by atomic mass is 9.45. The van der Waals surface area contributed by atoms with Gasteiger partial charge >= 0.3 is 5.97 Å². The van der Waals surface area contributed by atoms with Crippen molar-refractivity contribution in [3.63, 3.8) is 0 Å². The van der Waals surface area contributed by atoms with E-state index in [0.29, 0.717) is 5.41 Å². The van der Waals surface area contributed by atoms with E-state index in [2.05, 4.69) is 26.8 Å². The third kappa shape index (κ3) is 2.31. The van der Waals surface area contributed by atoms with Gasteiger partial charge in [-0.2, -0.15) is 0 Å². The number of allylic oxidation sites excluding steroid dienone is 2. The van der Waals surface area contributed by atoms with E-state index in [4.69, 9.17) is 4.74 Å². The lowest BCUT2D eigenvalue weighted by Gasteiger charge is -2.59. The molecule has 0 N–H and O–H groups in total. The van der Waals surface area contributed by atoms with Crippen molar-refractivity contribution in [3.05, 3.63) is 11.6 Å². The van der Waals surface area contributed by atoms with Gasteiger partial charge in [-0.05, 0) is 87.4 Å². The molecular weight excluding hydrogens is 296 g/mol. The van der Waals surface area contributed by atoms with Crippen molar-refractivity contribution in [2.24, 2.45) is 34.5 Å². The summed E-state index contributed by atoms with van der Waals surface area (Å²) in [4.78, 5) is 11.5. The third-order valence-electron chi connectivity index (χ3n) is 8.75. The molecule has 0 saturated heterocycles. The Balaban J connectivity index is 1.60. The predicted molar refractivity (Wildman–Crippen MR) is 96.4 cm³/mol. The number of ether oxygens (including phenoxy) is 1. The number of rotatable bonds is 1. The number of hydrogen-bond donors (Lipinski definition) is 0. The van der Waals surface area contributed by atoms with E-state index >= 15 is 0 Å². The summed E-state index contributed by atoms with van der Waals surface area (Å²) in [7, 11) is 0. The van der Waals surface area contributed by atoms with Crippen LogP contribution in [0.15, 0.2) is 11.6 Å². The molecule has 4 aliphatic rings. The molecule has 134 valence electrons. The number of hydrogen-bond acceptors (Lipinski definition) is 2. The van der Waals surface area contributed by atoms with Gasteiger partial charge in [-0.25, -0.2) is 0 Å². The molecule has 3 fully saturated rings. The smallest absolute Gasteiger partial charge is 0.302 e. The fourth-order valence-corrected chi connectivity index (χ4v) is 7.40. The maximum absolute atomic E-state index is 11.5. The molecule has 0 aromatic carbocycles. The van der Waals surface area contributed by atoms with Gasteiger partial charge in [0.2, 0.25) is 0 Å². The normalized spacial score (nSPS) is 50.3. The quantitative estimate of drug-likeness (QED) is 0.467. The summed E-state index contributed by atoms with van der Waals surface area (Å²) in [5.74, 6) is 3.32. The summed E-state index contributed by atoms with van der Waals surface area (Å²) in [5.41, 5.74) is 2.37.